The second-order valence-electron chi connectivity index (χ2n) is 5.12. The molecule has 21 heavy (non-hydrogen) atoms. The topological polar surface area (TPSA) is 50.4 Å². The van der Waals surface area contributed by atoms with Gasteiger partial charge in [-0.25, -0.2) is 0 Å². The van der Waals surface area contributed by atoms with Crippen LogP contribution in [0.4, 0.5) is 5.69 Å². The molecule has 4 heteroatoms. The van der Waals surface area contributed by atoms with Gasteiger partial charge in [-0.05, 0) is 24.6 Å². The van der Waals surface area contributed by atoms with Crippen molar-refractivity contribution in [3.8, 4) is 5.75 Å². The zero-order chi connectivity index (χ0) is 14.7. The van der Waals surface area contributed by atoms with Gasteiger partial charge in [0, 0.05) is 0 Å². The first-order chi connectivity index (χ1) is 10.2. The van der Waals surface area contributed by atoms with Gasteiger partial charge in [-0.15, -0.1) is 0 Å². The molecule has 1 aliphatic heterocycles. The van der Waals surface area contributed by atoms with E-state index in [0.717, 1.165) is 17.0 Å². The van der Waals surface area contributed by atoms with Gasteiger partial charge in [0.05, 0.1) is 18.3 Å². The summed E-state index contributed by atoms with van der Waals surface area (Å²) in [6.07, 6.45) is -0.508. The van der Waals surface area contributed by atoms with E-state index in [2.05, 4.69) is 10.6 Å². The SMILES string of the molecule is C[C@H](NC(=O)C1CNc2ccccc2O1)c1ccccc1. The van der Waals surface area contributed by atoms with Gasteiger partial charge in [-0.3, -0.25) is 4.79 Å². The van der Waals surface area contributed by atoms with Crippen molar-refractivity contribution in [2.24, 2.45) is 0 Å². The fourth-order valence-electron chi connectivity index (χ4n) is 2.39. The number of hydrogen-bond donors (Lipinski definition) is 2. The average molecular weight is 282 g/mol. The van der Waals surface area contributed by atoms with Gasteiger partial charge in [0.25, 0.3) is 5.91 Å². The third-order valence-electron chi connectivity index (χ3n) is 3.58. The average Bonchev–Trinajstić information content (AvgIpc) is 2.55. The summed E-state index contributed by atoms with van der Waals surface area (Å²) in [5.74, 6) is 0.615. The first kappa shape index (κ1) is 13.5. The van der Waals surface area contributed by atoms with Crippen LogP contribution in [0.1, 0.15) is 18.5 Å². The van der Waals surface area contributed by atoms with Gasteiger partial charge >= 0.3 is 0 Å². The Balaban J connectivity index is 1.65. The molecule has 0 fully saturated rings. The van der Waals surface area contributed by atoms with Crippen LogP contribution in [0.3, 0.4) is 0 Å². The standard InChI is InChI=1S/C17H18N2O2/c1-12(13-7-3-2-4-8-13)19-17(20)16-11-18-14-9-5-6-10-15(14)21-16/h2-10,12,16,18H,11H2,1H3,(H,19,20)/t12-,16?/m0/s1. The summed E-state index contributed by atoms with van der Waals surface area (Å²) in [4.78, 5) is 12.3. The first-order valence-electron chi connectivity index (χ1n) is 7.09. The van der Waals surface area contributed by atoms with Gasteiger partial charge in [0.15, 0.2) is 6.10 Å². The number of fused-ring (bicyclic) bond motifs is 1. The molecule has 0 radical (unpaired) electrons. The van der Waals surface area contributed by atoms with Gasteiger partial charge < -0.3 is 15.4 Å². The molecule has 0 aromatic heterocycles. The Bertz CT molecular complexity index is 628. The van der Waals surface area contributed by atoms with Crippen LogP contribution >= 0.6 is 0 Å². The molecule has 3 rings (SSSR count). The zero-order valence-electron chi connectivity index (χ0n) is 11.9. The number of hydrogen-bond acceptors (Lipinski definition) is 3. The van der Waals surface area contributed by atoms with Crippen molar-refractivity contribution in [2.75, 3.05) is 11.9 Å². The molecule has 1 heterocycles. The van der Waals surface area contributed by atoms with Crippen molar-refractivity contribution in [2.45, 2.75) is 19.1 Å². The van der Waals surface area contributed by atoms with Gasteiger partial charge in [0.1, 0.15) is 5.75 Å². The maximum atomic E-state index is 12.3. The minimum atomic E-state index is -0.508. The molecular weight excluding hydrogens is 264 g/mol. The van der Waals surface area contributed by atoms with Crippen LogP contribution in [0.5, 0.6) is 5.75 Å². The number of para-hydroxylation sites is 2. The lowest BCUT2D eigenvalue weighted by atomic mass is 10.1. The van der Waals surface area contributed by atoms with Gasteiger partial charge in [0.2, 0.25) is 0 Å². The second-order valence-corrected chi connectivity index (χ2v) is 5.12. The Kier molecular flexibility index (Phi) is 3.77. The summed E-state index contributed by atoms with van der Waals surface area (Å²) in [6.45, 7) is 2.45. The quantitative estimate of drug-likeness (QED) is 0.910. The third kappa shape index (κ3) is 2.99. The molecule has 0 bridgehead atoms. The van der Waals surface area contributed by atoms with E-state index < -0.39 is 6.10 Å². The van der Waals surface area contributed by atoms with Crippen LogP contribution in [-0.2, 0) is 4.79 Å². The molecule has 0 aliphatic carbocycles. The molecule has 2 aromatic carbocycles. The summed E-state index contributed by atoms with van der Waals surface area (Å²) in [7, 11) is 0. The lowest BCUT2D eigenvalue weighted by Crippen LogP contribution is -2.45. The van der Waals surface area contributed by atoms with Crippen LogP contribution in [0, 0.1) is 0 Å². The summed E-state index contributed by atoms with van der Waals surface area (Å²) < 4.78 is 5.76. The Labute approximate surface area is 124 Å². The molecule has 2 N–H and O–H groups in total. The summed E-state index contributed by atoms with van der Waals surface area (Å²) in [5, 5.41) is 6.21. The molecular formula is C17H18N2O2. The number of benzene rings is 2. The van der Waals surface area contributed by atoms with Crippen molar-refractivity contribution in [3.63, 3.8) is 0 Å². The molecule has 0 saturated heterocycles. The molecule has 1 unspecified atom stereocenters. The third-order valence-corrected chi connectivity index (χ3v) is 3.58. The van der Waals surface area contributed by atoms with Crippen molar-refractivity contribution < 1.29 is 9.53 Å². The van der Waals surface area contributed by atoms with Crippen LogP contribution in [-0.4, -0.2) is 18.6 Å². The summed E-state index contributed by atoms with van der Waals surface area (Å²) in [5.41, 5.74) is 2.01. The van der Waals surface area contributed by atoms with Gasteiger partial charge in [-0.1, -0.05) is 42.5 Å². The van der Waals surface area contributed by atoms with Crippen molar-refractivity contribution in [1.29, 1.82) is 0 Å². The van der Waals surface area contributed by atoms with E-state index in [9.17, 15) is 4.79 Å². The molecule has 1 amide bonds. The van der Waals surface area contributed by atoms with Gasteiger partial charge in [-0.2, -0.15) is 0 Å². The van der Waals surface area contributed by atoms with E-state index in [1.807, 2.05) is 61.5 Å². The predicted molar refractivity (Wildman–Crippen MR) is 82.3 cm³/mol. The highest BCUT2D eigenvalue weighted by molar-refractivity contribution is 5.83. The van der Waals surface area contributed by atoms with E-state index >= 15 is 0 Å². The van der Waals surface area contributed by atoms with Crippen molar-refractivity contribution in [3.05, 3.63) is 60.2 Å². The summed E-state index contributed by atoms with van der Waals surface area (Å²) in [6, 6.07) is 17.5. The Morgan fingerprint density at radius 3 is 2.71 bits per heavy atom. The monoisotopic (exact) mass is 282 g/mol. The molecule has 2 atom stereocenters. The van der Waals surface area contributed by atoms with E-state index in [0.29, 0.717) is 6.54 Å². The number of rotatable bonds is 3. The number of carbonyl (C=O) groups is 1. The smallest absolute Gasteiger partial charge is 0.263 e. The molecule has 0 saturated carbocycles. The predicted octanol–water partition coefficient (Wildman–Crippen LogP) is 2.74. The normalized spacial score (nSPS) is 17.9. The lowest BCUT2D eigenvalue weighted by Gasteiger charge is -2.27. The number of nitrogens with one attached hydrogen (secondary N) is 2. The summed E-state index contributed by atoms with van der Waals surface area (Å²) >= 11 is 0. The Morgan fingerprint density at radius 2 is 1.90 bits per heavy atom. The highest BCUT2D eigenvalue weighted by Crippen LogP contribution is 2.28. The lowest BCUT2D eigenvalue weighted by molar-refractivity contribution is -0.128. The van der Waals surface area contributed by atoms with E-state index in [1.165, 1.54) is 0 Å². The second kappa shape index (κ2) is 5.87. The van der Waals surface area contributed by atoms with Crippen LogP contribution in [0.2, 0.25) is 0 Å². The number of ether oxygens (including phenoxy) is 1. The van der Waals surface area contributed by atoms with Crippen LogP contribution in [0.15, 0.2) is 54.6 Å². The zero-order valence-corrected chi connectivity index (χ0v) is 11.9. The minimum absolute atomic E-state index is 0.0422. The number of amides is 1. The molecule has 1 aliphatic rings. The van der Waals surface area contributed by atoms with E-state index in [4.69, 9.17) is 4.74 Å². The maximum Gasteiger partial charge on any atom is 0.263 e. The highest BCUT2D eigenvalue weighted by atomic mass is 16.5. The first-order valence-corrected chi connectivity index (χ1v) is 7.09. The number of anilines is 1. The van der Waals surface area contributed by atoms with Crippen LogP contribution in [0.25, 0.3) is 0 Å². The highest BCUT2D eigenvalue weighted by Gasteiger charge is 2.26. The minimum Gasteiger partial charge on any atom is -0.477 e. The van der Waals surface area contributed by atoms with E-state index in [-0.39, 0.29) is 11.9 Å². The van der Waals surface area contributed by atoms with Crippen molar-refractivity contribution >= 4 is 11.6 Å². The van der Waals surface area contributed by atoms with E-state index in [1.54, 1.807) is 0 Å². The molecule has 0 spiro atoms. The number of carbonyl (C=O) groups excluding carboxylic acids is 1. The molecule has 2 aromatic rings. The Hall–Kier alpha value is -2.49. The molecule has 108 valence electrons. The van der Waals surface area contributed by atoms with Crippen LogP contribution < -0.4 is 15.4 Å². The largest absolute Gasteiger partial charge is 0.477 e. The van der Waals surface area contributed by atoms with Crippen molar-refractivity contribution in [1.82, 2.24) is 5.32 Å². The fourth-order valence-corrected chi connectivity index (χ4v) is 2.39. The fraction of sp³-hybridized carbons (Fsp3) is 0.235. The molecule has 4 nitrogen and oxygen atoms in total. The maximum absolute atomic E-state index is 12.3. The Morgan fingerprint density at radius 1 is 1.19 bits per heavy atom.